The van der Waals surface area contributed by atoms with Crippen LogP contribution in [-0.2, 0) is 0 Å². The van der Waals surface area contributed by atoms with Crippen LogP contribution in [0.1, 0.15) is 25.0 Å². The Balaban J connectivity index is 2.09. The number of amidine groups is 1. The van der Waals surface area contributed by atoms with Crippen molar-refractivity contribution in [1.29, 1.82) is 5.41 Å². The van der Waals surface area contributed by atoms with E-state index < -0.39 is 5.60 Å². The molecule has 21 heavy (non-hydrogen) atoms. The van der Waals surface area contributed by atoms with Crippen molar-refractivity contribution in [3.05, 3.63) is 29.3 Å². The van der Waals surface area contributed by atoms with Crippen LogP contribution in [-0.4, -0.2) is 54.2 Å². The number of hydrogen-bond donors (Lipinski definition) is 3. The second kappa shape index (κ2) is 6.03. The van der Waals surface area contributed by atoms with E-state index in [4.69, 9.17) is 11.1 Å². The predicted octanol–water partition coefficient (Wildman–Crippen LogP) is 1.17. The van der Waals surface area contributed by atoms with Crippen molar-refractivity contribution in [1.82, 2.24) is 4.90 Å². The number of nitrogens with two attached hydrogens (primary N) is 1. The standard InChI is InChI=1S/C16H26N4O/c1-12-4-5-13(15(17)18)14(10-12)20-8-6-19(7-9-20)11-16(2,3)21/h4-5,10,21H,6-9,11H2,1-3H3,(H3,17,18). The van der Waals surface area contributed by atoms with Gasteiger partial charge in [-0.25, -0.2) is 0 Å². The fourth-order valence-electron chi connectivity index (χ4n) is 2.83. The molecule has 5 heteroatoms. The van der Waals surface area contributed by atoms with E-state index in [1.807, 2.05) is 26.0 Å². The summed E-state index contributed by atoms with van der Waals surface area (Å²) >= 11 is 0. The van der Waals surface area contributed by atoms with Crippen LogP contribution in [0.15, 0.2) is 18.2 Å². The van der Waals surface area contributed by atoms with Crippen molar-refractivity contribution in [2.45, 2.75) is 26.4 Å². The number of rotatable bonds is 4. The number of aryl methyl sites for hydroxylation is 1. The topological polar surface area (TPSA) is 76.6 Å². The Kier molecular flexibility index (Phi) is 4.54. The fourth-order valence-corrected chi connectivity index (χ4v) is 2.83. The summed E-state index contributed by atoms with van der Waals surface area (Å²) < 4.78 is 0. The maximum absolute atomic E-state index is 9.91. The molecule has 1 aliphatic heterocycles. The summed E-state index contributed by atoms with van der Waals surface area (Å²) in [5.41, 5.74) is 8.06. The number of piperazine rings is 1. The van der Waals surface area contributed by atoms with Gasteiger partial charge in [0, 0.05) is 44.0 Å². The van der Waals surface area contributed by atoms with Crippen LogP contribution >= 0.6 is 0 Å². The number of nitrogens with zero attached hydrogens (tertiary/aromatic N) is 2. The Bertz CT molecular complexity index is 513. The minimum atomic E-state index is -0.657. The van der Waals surface area contributed by atoms with Gasteiger partial charge in [0.2, 0.25) is 0 Å². The van der Waals surface area contributed by atoms with Gasteiger partial charge in [0.05, 0.1) is 5.60 Å². The first kappa shape index (κ1) is 15.8. The van der Waals surface area contributed by atoms with Crippen LogP contribution < -0.4 is 10.6 Å². The number of anilines is 1. The lowest BCUT2D eigenvalue weighted by atomic mass is 10.1. The minimum absolute atomic E-state index is 0.115. The molecule has 0 radical (unpaired) electrons. The molecule has 0 unspecified atom stereocenters. The van der Waals surface area contributed by atoms with Crippen molar-refractivity contribution in [3.63, 3.8) is 0 Å². The van der Waals surface area contributed by atoms with Gasteiger partial charge in [-0.15, -0.1) is 0 Å². The third kappa shape index (κ3) is 4.19. The Morgan fingerprint density at radius 2 is 1.90 bits per heavy atom. The molecular weight excluding hydrogens is 264 g/mol. The Hall–Kier alpha value is -1.59. The van der Waals surface area contributed by atoms with Gasteiger partial charge in [0.15, 0.2) is 0 Å². The Labute approximate surface area is 126 Å². The van der Waals surface area contributed by atoms with E-state index in [1.165, 1.54) is 5.56 Å². The van der Waals surface area contributed by atoms with Gasteiger partial charge in [0.1, 0.15) is 5.84 Å². The fraction of sp³-hybridized carbons (Fsp3) is 0.562. The molecule has 0 atom stereocenters. The van der Waals surface area contributed by atoms with Crippen LogP contribution in [0.2, 0.25) is 0 Å². The Morgan fingerprint density at radius 3 is 2.43 bits per heavy atom. The van der Waals surface area contributed by atoms with Crippen LogP contribution in [0.3, 0.4) is 0 Å². The molecule has 116 valence electrons. The zero-order valence-corrected chi connectivity index (χ0v) is 13.2. The van der Waals surface area contributed by atoms with Gasteiger partial charge in [-0.1, -0.05) is 6.07 Å². The number of nitrogen functional groups attached to an aromatic ring is 1. The molecule has 0 saturated carbocycles. The van der Waals surface area contributed by atoms with Crippen LogP contribution in [0.5, 0.6) is 0 Å². The molecule has 1 aromatic rings. The van der Waals surface area contributed by atoms with Crippen molar-refractivity contribution >= 4 is 11.5 Å². The van der Waals surface area contributed by atoms with E-state index in [0.717, 1.165) is 37.4 Å². The highest BCUT2D eigenvalue weighted by Gasteiger charge is 2.24. The number of aliphatic hydroxyl groups is 1. The smallest absolute Gasteiger partial charge is 0.124 e. The van der Waals surface area contributed by atoms with E-state index in [1.54, 1.807) is 0 Å². The summed E-state index contributed by atoms with van der Waals surface area (Å²) in [7, 11) is 0. The second-order valence-corrected chi connectivity index (χ2v) is 6.51. The predicted molar refractivity (Wildman–Crippen MR) is 87.1 cm³/mol. The summed E-state index contributed by atoms with van der Waals surface area (Å²) in [5, 5.41) is 17.6. The SMILES string of the molecule is Cc1ccc(C(=N)N)c(N2CCN(CC(C)(C)O)CC2)c1. The molecule has 0 amide bonds. The second-order valence-electron chi connectivity index (χ2n) is 6.51. The lowest BCUT2D eigenvalue weighted by Gasteiger charge is -2.39. The minimum Gasteiger partial charge on any atom is -0.389 e. The van der Waals surface area contributed by atoms with Gasteiger partial charge < -0.3 is 15.7 Å². The summed E-state index contributed by atoms with van der Waals surface area (Å²) in [5.74, 6) is 0.115. The third-order valence-corrected chi connectivity index (χ3v) is 3.77. The molecule has 0 bridgehead atoms. The third-order valence-electron chi connectivity index (χ3n) is 3.77. The zero-order valence-electron chi connectivity index (χ0n) is 13.2. The first-order valence-corrected chi connectivity index (χ1v) is 7.41. The maximum Gasteiger partial charge on any atom is 0.124 e. The number of β-amino-alcohol motifs (C(OH)–C–C–N with tert-alkyl or cyclic N) is 1. The van der Waals surface area contributed by atoms with Crippen molar-refractivity contribution in [2.24, 2.45) is 5.73 Å². The van der Waals surface area contributed by atoms with Crippen molar-refractivity contribution < 1.29 is 5.11 Å². The van der Waals surface area contributed by atoms with Crippen LogP contribution in [0.25, 0.3) is 0 Å². The summed E-state index contributed by atoms with van der Waals surface area (Å²) in [6.07, 6.45) is 0. The molecular formula is C16H26N4O. The van der Waals surface area contributed by atoms with Gasteiger partial charge >= 0.3 is 0 Å². The molecule has 0 spiro atoms. The highest BCUT2D eigenvalue weighted by Crippen LogP contribution is 2.23. The number of hydrogen-bond acceptors (Lipinski definition) is 4. The van der Waals surface area contributed by atoms with Gasteiger partial charge in [-0.3, -0.25) is 10.3 Å². The monoisotopic (exact) mass is 290 g/mol. The van der Waals surface area contributed by atoms with Crippen molar-refractivity contribution in [3.8, 4) is 0 Å². The lowest BCUT2D eigenvalue weighted by Crippen LogP contribution is -2.50. The van der Waals surface area contributed by atoms with Crippen molar-refractivity contribution in [2.75, 3.05) is 37.6 Å². The van der Waals surface area contributed by atoms with Crippen LogP contribution in [0, 0.1) is 12.3 Å². The summed E-state index contributed by atoms with van der Waals surface area (Å²) in [6.45, 7) is 10.0. The molecule has 1 saturated heterocycles. The van der Waals surface area contributed by atoms with Gasteiger partial charge in [-0.2, -0.15) is 0 Å². The zero-order chi connectivity index (χ0) is 15.6. The first-order chi connectivity index (χ1) is 9.76. The normalized spacial score (nSPS) is 17.0. The quantitative estimate of drug-likeness (QED) is 0.575. The van der Waals surface area contributed by atoms with E-state index >= 15 is 0 Å². The maximum atomic E-state index is 9.91. The molecule has 1 aliphatic rings. The van der Waals surface area contributed by atoms with Gasteiger partial charge in [0.25, 0.3) is 0 Å². The summed E-state index contributed by atoms with van der Waals surface area (Å²) in [4.78, 5) is 4.56. The average molecular weight is 290 g/mol. The first-order valence-electron chi connectivity index (χ1n) is 7.41. The van der Waals surface area contributed by atoms with Crippen LogP contribution in [0.4, 0.5) is 5.69 Å². The molecule has 4 N–H and O–H groups in total. The largest absolute Gasteiger partial charge is 0.389 e. The number of benzene rings is 1. The molecule has 0 aliphatic carbocycles. The lowest BCUT2D eigenvalue weighted by molar-refractivity contribution is 0.0345. The molecule has 2 rings (SSSR count). The average Bonchev–Trinajstić information content (AvgIpc) is 2.37. The van der Waals surface area contributed by atoms with E-state index in [-0.39, 0.29) is 5.84 Å². The van der Waals surface area contributed by atoms with Gasteiger partial charge in [-0.05, 0) is 38.5 Å². The number of nitrogens with one attached hydrogen (secondary N) is 1. The molecule has 1 aromatic carbocycles. The Morgan fingerprint density at radius 1 is 1.29 bits per heavy atom. The molecule has 1 heterocycles. The molecule has 1 fully saturated rings. The highest BCUT2D eigenvalue weighted by atomic mass is 16.3. The highest BCUT2D eigenvalue weighted by molar-refractivity contribution is 6.00. The molecule has 5 nitrogen and oxygen atoms in total. The van der Waals surface area contributed by atoms with E-state index in [9.17, 15) is 5.11 Å². The molecule has 0 aromatic heterocycles. The van der Waals surface area contributed by atoms with E-state index in [2.05, 4.69) is 22.8 Å². The van der Waals surface area contributed by atoms with E-state index in [0.29, 0.717) is 6.54 Å². The summed E-state index contributed by atoms with van der Waals surface area (Å²) in [6, 6.07) is 6.02.